The molecule has 1 saturated heterocycles. The molecule has 1 aromatic heterocycles. The molecule has 1 aliphatic heterocycles. The lowest BCUT2D eigenvalue weighted by Gasteiger charge is -2.23. The van der Waals surface area contributed by atoms with E-state index in [9.17, 15) is 0 Å². The van der Waals surface area contributed by atoms with E-state index in [1.165, 1.54) is 16.9 Å². The fraction of sp³-hybridized carbons (Fsp3) is 0.391. The molecule has 4 rings (SSSR count). The Morgan fingerprint density at radius 1 is 1.13 bits per heavy atom. The molecule has 0 saturated carbocycles. The van der Waals surface area contributed by atoms with E-state index in [0.717, 1.165) is 53.8 Å². The maximum atomic E-state index is 5.79. The Balaban J connectivity index is 1.65. The lowest BCUT2D eigenvalue weighted by atomic mass is 10.0. The van der Waals surface area contributed by atoms with E-state index in [0.29, 0.717) is 6.04 Å². The van der Waals surface area contributed by atoms with Gasteiger partial charge in [-0.15, -0.1) is 5.10 Å². The quantitative estimate of drug-likeness (QED) is 0.589. The Kier molecular flexibility index (Phi) is 6.20. The van der Waals surface area contributed by atoms with Crippen molar-refractivity contribution in [1.29, 1.82) is 0 Å². The van der Waals surface area contributed by atoms with Gasteiger partial charge < -0.3 is 18.9 Å². The van der Waals surface area contributed by atoms with Crippen LogP contribution in [0.4, 0.5) is 0 Å². The highest BCUT2D eigenvalue weighted by molar-refractivity contribution is 7.71. The molecule has 6 nitrogen and oxygen atoms in total. The normalized spacial score (nSPS) is 18.5. The van der Waals surface area contributed by atoms with Gasteiger partial charge in [0.05, 0.1) is 26.3 Å². The number of nitrogens with one attached hydrogen (secondary N) is 1. The molecule has 1 N–H and O–H groups in total. The first-order valence-electron chi connectivity index (χ1n) is 10.5. The van der Waals surface area contributed by atoms with Crippen molar-refractivity contribution in [2.24, 2.45) is 0 Å². The Hall–Kier alpha value is -2.64. The SMILES string of the molecule is CCn1c(-c2ccccc2)nn(C[NH+]2CCC[C@@H]2c2ccc(OC)cc2OC)c1=S. The molecule has 0 aliphatic carbocycles. The number of ether oxygens (including phenoxy) is 2. The minimum Gasteiger partial charge on any atom is -0.497 e. The molecule has 30 heavy (non-hydrogen) atoms. The Morgan fingerprint density at radius 3 is 2.63 bits per heavy atom. The summed E-state index contributed by atoms with van der Waals surface area (Å²) in [6, 6.07) is 16.7. The predicted octanol–water partition coefficient (Wildman–Crippen LogP) is 3.50. The number of benzene rings is 2. The Morgan fingerprint density at radius 2 is 1.93 bits per heavy atom. The summed E-state index contributed by atoms with van der Waals surface area (Å²) in [5.41, 5.74) is 2.31. The number of methoxy groups -OCH3 is 2. The third-order valence-electron chi connectivity index (χ3n) is 5.92. The molecule has 0 amide bonds. The molecular formula is C23H29N4O2S+. The fourth-order valence-electron chi connectivity index (χ4n) is 4.40. The van der Waals surface area contributed by atoms with Crippen LogP contribution in [0.15, 0.2) is 48.5 Å². The van der Waals surface area contributed by atoms with Crippen molar-refractivity contribution in [1.82, 2.24) is 14.3 Å². The third kappa shape index (κ3) is 3.87. The second kappa shape index (κ2) is 9.02. The van der Waals surface area contributed by atoms with Crippen LogP contribution in [0.2, 0.25) is 0 Å². The molecule has 2 aromatic carbocycles. The van der Waals surface area contributed by atoms with Gasteiger partial charge in [-0.1, -0.05) is 30.3 Å². The van der Waals surface area contributed by atoms with Gasteiger partial charge in [-0.3, -0.25) is 0 Å². The number of likely N-dealkylation sites (tertiary alicyclic amines) is 1. The van der Waals surface area contributed by atoms with E-state index in [-0.39, 0.29) is 0 Å². The smallest absolute Gasteiger partial charge is 0.203 e. The molecule has 1 fully saturated rings. The maximum absolute atomic E-state index is 5.79. The van der Waals surface area contributed by atoms with Gasteiger partial charge in [0, 0.05) is 31.0 Å². The lowest BCUT2D eigenvalue weighted by Crippen LogP contribution is -3.09. The number of aromatic nitrogens is 3. The first kappa shape index (κ1) is 20.6. The van der Waals surface area contributed by atoms with Crippen LogP contribution >= 0.6 is 12.2 Å². The predicted molar refractivity (Wildman–Crippen MR) is 120 cm³/mol. The largest absolute Gasteiger partial charge is 0.497 e. The van der Waals surface area contributed by atoms with Crippen LogP contribution in [0.25, 0.3) is 11.4 Å². The number of hydrogen-bond donors (Lipinski definition) is 1. The van der Waals surface area contributed by atoms with Gasteiger partial charge in [0.1, 0.15) is 17.5 Å². The lowest BCUT2D eigenvalue weighted by molar-refractivity contribution is -0.941. The standard InChI is InChI=1S/C23H28N4O2S/c1-4-26-22(17-9-6-5-7-10-17)24-27(23(26)30)16-25-14-8-11-20(25)19-13-12-18(28-2)15-21(19)29-3/h5-7,9-10,12-13,15,20H,4,8,11,14,16H2,1-3H3/p+1/t20-/m1/s1. The van der Waals surface area contributed by atoms with E-state index in [4.69, 9.17) is 26.8 Å². The number of hydrogen-bond acceptors (Lipinski definition) is 4. The molecule has 0 radical (unpaired) electrons. The van der Waals surface area contributed by atoms with Gasteiger partial charge in [0.2, 0.25) is 4.77 Å². The van der Waals surface area contributed by atoms with Crippen LogP contribution in [0.5, 0.6) is 11.5 Å². The van der Waals surface area contributed by atoms with Crippen LogP contribution in [0.3, 0.4) is 0 Å². The van der Waals surface area contributed by atoms with Crippen molar-refractivity contribution in [2.45, 2.75) is 39.0 Å². The maximum Gasteiger partial charge on any atom is 0.203 e. The summed E-state index contributed by atoms with van der Waals surface area (Å²) < 4.78 is 15.9. The highest BCUT2D eigenvalue weighted by Gasteiger charge is 2.33. The summed E-state index contributed by atoms with van der Waals surface area (Å²) >= 11 is 5.79. The number of rotatable bonds is 7. The first-order valence-corrected chi connectivity index (χ1v) is 10.9. The summed E-state index contributed by atoms with van der Waals surface area (Å²) in [6.45, 7) is 4.74. The van der Waals surface area contributed by atoms with Crippen molar-refractivity contribution in [3.63, 3.8) is 0 Å². The van der Waals surface area contributed by atoms with E-state index in [2.05, 4.69) is 29.7 Å². The van der Waals surface area contributed by atoms with Crippen molar-refractivity contribution < 1.29 is 14.4 Å². The van der Waals surface area contributed by atoms with Crippen LogP contribution in [0.1, 0.15) is 31.4 Å². The van der Waals surface area contributed by atoms with E-state index < -0.39 is 0 Å². The van der Waals surface area contributed by atoms with Crippen molar-refractivity contribution in [2.75, 3.05) is 20.8 Å². The van der Waals surface area contributed by atoms with Crippen LogP contribution < -0.4 is 14.4 Å². The summed E-state index contributed by atoms with van der Waals surface area (Å²) in [7, 11) is 3.40. The molecule has 1 unspecified atom stereocenters. The van der Waals surface area contributed by atoms with Gasteiger partial charge in [-0.05, 0) is 31.3 Å². The molecule has 2 atom stereocenters. The zero-order valence-electron chi connectivity index (χ0n) is 17.8. The zero-order valence-corrected chi connectivity index (χ0v) is 18.6. The molecule has 0 bridgehead atoms. The van der Waals surface area contributed by atoms with Gasteiger partial charge in [-0.2, -0.15) is 4.68 Å². The van der Waals surface area contributed by atoms with Crippen molar-refractivity contribution in [3.05, 3.63) is 58.9 Å². The fourth-order valence-corrected chi connectivity index (χ4v) is 4.73. The van der Waals surface area contributed by atoms with E-state index in [1.54, 1.807) is 14.2 Å². The molecule has 7 heteroatoms. The van der Waals surface area contributed by atoms with Crippen molar-refractivity contribution >= 4 is 12.2 Å². The van der Waals surface area contributed by atoms with E-state index in [1.807, 2.05) is 35.0 Å². The second-order valence-corrected chi connectivity index (χ2v) is 7.95. The Bertz CT molecular complexity index is 1060. The highest BCUT2D eigenvalue weighted by atomic mass is 32.1. The summed E-state index contributed by atoms with van der Waals surface area (Å²) in [4.78, 5) is 1.45. The topological polar surface area (TPSA) is 45.7 Å². The van der Waals surface area contributed by atoms with Gasteiger partial charge in [0.25, 0.3) is 0 Å². The molecular weight excluding hydrogens is 396 g/mol. The Labute approximate surface area is 182 Å². The second-order valence-electron chi connectivity index (χ2n) is 7.59. The van der Waals surface area contributed by atoms with E-state index >= 15 is 0 Å². The van der Waals surface area contributed by atoms with Crippen LogP contribution in [-0.2, 0) is 13.2 Å². The van der Waals surface area contributed by atoms with Crippen molar-refractivity contribution in [3.8, 4) is 22.9 Å². The zero-order chi connectivity index (χ0) is 21.1. The molecule has 3 aromatic rings. The summed E-state index contributed by atoms with van der Waals surface area (Å²) in [6.07, 6.45) is 2.29. The highest BCUT2D eigenvalue weighted by Crippen LogP contribution is 2.31. The number of nitrogens with zero attached hydrogens (tertiary/aromatic N) is 3. The minimum absolute atomic E-state index is 0.347. The van der Waals surface area contributed by atoms with Crippen LogP contribution in [0, 0.1) is 4.77 Å². The number of quaternary nitrogens is 1. The third-order valence-corrected chi connectivity index (χ3v) is 6.35. The average molecular weight is 426 g/mol. The molecule has 2 heterocycles. The minimum atomic E-state index is 0.347. The summed E-state index contributed by atoms with van der Waals surface area (Å²) in [5, 5.41) is 4.92. The molecule has 0 spiro atoms. The molecule has 1 aliphatic rings. The summed E-state index contributed by atoms with van der Waals surface area (Å²) in [5.74, 6) is 2.62. The van der Waals surface area contributed by atoms with Gasteiger partial charge >= 0.3 is 0 Å². The monoisotopic (exact) mass is 425 g/mol. The van der Waals surface area contributed by atoms with Crippen LogP contribution in [-0.4, -0.2) is 35.1 Å². The molecule has 158 valence electrons. The average Bonchev–Trinajstić information content (AvgIpc) is 3.38. The van der Waals surface area contributed by atoms with Gasteiger partial charge in [-0.25, -0.2) is 0 Å². The van der Waals surface area contributed by atoms with Gasteiger partial charge in [0.15, 0.2) is 12.5 Å². The first-order chi connectivity index (χ1) is 14.7.